The van der Waals surface area contributed by atoms with Crippen LogP contribution in [0.1, 0.15) is 12.8 Å². The van der Waals surface area contributed by atoms with Crippen LogP contribution in [0.2, 0.25) is 0 Å². The number of hydrogen-bond acceptors (Lipinski definition) is 8. The zero-order valence-electron chi connectivity index (χ0n) is 10.2. The molecule has 88 valence electrons. The molecular formula is C6H7K3O9. The Bertz CT molecular complexity index is 241. The molecule has 0 radical (unpaired) electrons. The summed E-state index contributed by atoms with van der Waals surface area (Å²) >= 11 is 0. The molecule has 0 saturated carbocycles. The summed E-state index contributed by atoms with van der Waals surface area (Å²) in [6, 6.07) is 0. The van der Waals surface area contributed by atoms with Crippen LogP contribution in [0.25, 0.3) is 0 Å². The molecule has 0 bridgehead atoms. The monoisotopic (exact) mass is 340 g/mol. The molecule has 0 aromatic rings. The Balaban J connectivity index is -0.000000107. The van der Waals surface area contributed by atoms with Crippen LogP contribution in [0.3, 0.4) is 0 Å². The summed E-state index contributed by atoms with van der Waals surface area (Å²) in [5, 5.41) is 50.2. The van der Waals surface area contributed by atoms with Gasteiger partial charge in [-0.25, -0.2) is 4.79 Å². The molecule has 0 rings (SSSR count). The van der Waals surface area contributed by atoms with Crippen molar-refractivity contribution in [2.75, 3.05) is 0 Å². The van der Waals surface area contributed by atoms with Crippen molar-refractivity contribution in [3.8, 4) is 0 Å². The largest absolute Gasteiger partial charge is 1.00 e. The van der Waals surface area contributed by atoms with Crippen molar-refractivity contribution in [2.45, 2.75) is 18.4 Å². The van der Waals surface area contributed by atoms with Crippen LogP contribution in [0, 0.1) is 0 Å². The molecule has 0 aromatic carbocycles. The van der Waals surface area contributed by atoms with Gasteiger partial charge in [0.15, 0.2) is 5.60 Å². The number of aliphatic hydroxyl groups is 1. The summed E-state index contributed by atoms with van der Waals surface area (Å²) in [6.45, 7) is 0. The summed E-state index contributed by atoms with van der Waals surface area (Å²) < 4.78 is 0. The molecule has 0 aliphatic rings. The van der Waals surface area contributed by atoms with Crippen molar-refractivity contribution in [1.82, 2.24) is 0 Å². The number of rotatable bonds is 5. The quantitative estimate of drug-likeness (QED) is 0.248. The van der Waals surface area contributed by atoms with Crippen LogP contribution in [0.4, 0.5) is 0 Å². The minimum atomic E-state index is -2.86. The first-order chi connectivity index (χ1) is 6.78. The second kappa shape index (κ2) is 18.2. The molecule has 18 heavy (non-hydrogen) atoms. The Morgan fingerprint density at radius 1 is 0.889 bits per heavy atom. The molecule has 9 nitrogen and oxygen atoms in total. The molecule has 0 unspecified atom stereocenters. The summed E-state index contributed by atoms with van der Waals surface area (Å²) in [7, 11) is 0. The van der Waals surface area contributed by atoms with Gasteiger partial charge in [0.1, 0.15) is 0 Å². The summed E-state index contributed by atoms with van der Waals surface area (Å²) in [4.78, 5) is 30.2. The van der Waals surface area contributed by atoms with Crippen LogP contribution in [-0.4, -0.2) is 39.0 Å². The van der Waals surface area contributed by atoms with Crippen molar-refractivity contribution < 1.29 is 199 Å². The third-order valence-electron chi connectivity index (χ3n) is 1.27. The van der Waals surface area contributed by atoms with E-state index < -0.39 is 36.4 Å². The number of hydrogen-bond donors (Lipinski definition) is 3. The first-order valence-corrected chi connectivity index (χ1v) is 3.31. The number of carbonyl (C=O) groups is 3. The predicted molar refractivity (Wildman–Crippen MR) is 34.5 cm³/mol. The number of aliphatic carboxylic acids is 3. The molecule has 0 amide bonds. The molecule has 0 atom stereocenters. The van der Waals surface area contributed by atoms with Gasteiger partial charge in [-0.05, 0) is 0 Å². The van der Waals surface area contributed by atoms with Gasteiger partial charge < -0.3 is 40.5 Å². The van der Waals surface area contributed by atoms with E-state index in [2.05, 4.69) is 0 Å². The molecule has 0 heterocycles. The normalized spacial score (nSPS) is 8.17. The first-order valence-electron chi connectivity index (χ1n) is 3.31. The van der Waals surface area contributed by atoms with Gasteiger partial charge in [0.2, 0.25) is 0 Å². The van der Waals surface area contributed by atoms with Gasteiger partial charge in [0, 0.05) is 24.8 Å². The van der Waals surface area contributed by atoms with Crippen molar-refractivity contribution in [3.05, 3.63) is 0 Å². The van der Waals surface area contributed by atoms with Gasteiger partial charge in [0.05, 0.1) is 0 Å². The molecule has 0 spiro atoms. The Morgan fingerprint density at radius 2 is 1.11 bits per heavy atom. The third kappa shape index (κ3) is 17.3. The fraction of sp³-hybridized carbons (Fsp3) is 0.500. The van der Waals surface area contributed by atoms with Gasteiger partial charge in [0.25, 0.3) is 0 Å². The number of carboxylic acids is 3. The maximum Gasteiger partial charge on any atom is 1.00 e. The minimum Gasteiger partial charge on any atom is -0.727 e. The summed E-state index contributed by atoms with van der Waals surface area (Å²) in [6.07, 6.45) is -2.59. The number of carbonyl (C=O) groups excluding carboxylic acids is 2. The molecular weight excluding hydrogens is 333 g/mol. The molecule has 0 saturated heterocycles. The van der Waals surface area contributed by atoms with E-state index in [0.29, 0.717) is 0 Å². The average molecular weight is 340 g/mol. The van der Waals surface area contributed by atoms with Crippen molar-refractivity contribution >= 4 is 17.9 Å². The van der Waals surface area contributed by atoms with E-state index in [4.69, 9.17) is 20.7 Å². The Kier molecular flexibility index (Phi) is 33.4. The van der Waals surface area contributed by atoms with E-state index in [1.165, 1.54) is 0 Å². The van der Waals surface area contributed by atoms with Gasteiger partial charge in [-0.3, -0.25) is 0 Å². The van der Waals surface area contributed by atoms with Crippen LogP contribution < -0.4 is 170 Å². The Labute approximate surface area is 230 Å². The molecule has 0 aromatic heterocycles. The summed E-state index contributed by atoms with van der Waals surface area (Å²) in [5.74, 6) is -5.65. The molecule has 0 aliphatic heterocycles. The SMILES string of the molecule is O=C([O-])CC(O)(CC(=O)[O-])C(=O)O.[K+].[K+].[K+].[O-]O. The van der Waals surface area contributed by atoms with Crippen LogP contribution in [0.15, 0.2) is 0 Å². The topological polar surface area (TPSA) is 181 Å². The molecule has 12 heteroatoms. The fourth-order valence-corrected chi connectivity index (χ4v) is 0.691. The van der Waals surface area contributed by atoms with E-state index in [1.807, 2.05) is 0 Å². The standard InChI is InChI=1S/C6H8O7.3K.H2O2/c7-3(8)1-6(13,5(11)12)2-4(9)10;;;;1-2/h13H,1-2H2,(H,7,8)(H,9,10)(H,11,12);;;;1-2H/q;3*+1;/p-3. The molecule has 0 fully saturated rings. The van der Waals surface area contributed by atoms with Crippen molar-refractivity contribution in [1.29, 1.82) is 0 Å². The van der Waals surface area contributed by atoms with Crippen molar-refractivity contribution in [2.24, 2.45) is 0 Å². The van der Waals surface area contributed by atoms with Crippen LogP contribution in [0.5, 0.6) is 0 Å². The Morgan fingerprint density at radius 3 is 1.22 bits per heavy atom. The van der Waals surface area contributed by atoms with Gasteiger partial charge in [-0.2, -0.15) is 0 Å². The Hall–Kier alpha value is 3.20. The van der Waals surface area contributed by atoms with E-state index >= 15 is 0 Å². The van der Waals surface area contributed by atoms with E-state index in [-0.39, 0.29) is 154 Å². The average Bonchev–Trinajstić information content (AvgIpc) is 2.04. The van der Waals surface area contributed by atoms with E-state index in [0.717, 1.165) is 0 Å². The first kappa shape index (κ1) is 33.0. The van der Waals surface area contributed by atoms with Crippen LogP contribution in [-0.2, 0) is 14.4 Å². The maximum atomic E-state index is 10.3. The fourth-order valence-electron chi connectivity index (χ4n) is 0.691. The van der Waals surface area contributed by atoms with E-state index in [9.17, 15) is 24.6 Å². The minimum absolute atomic E-state index is 0. The van der Waals surface area contributed by atoms with Crippen LogP contribution >= 0.6 is 0 Å². The van der Waals surface area contributed by atoms with Gasteiger partial charge in [-0.1, -0.05) is 0 Å². The van der Waals surface area contributed by atoms with Gasteiger partial charge in [-0.15, -0.1) is 0 Å². The maximum absolute atomic E-state index is 10.3. The number of carboxylic acid groups (broad SMARTS) is 3. The second-order valence-electron chi connectivity index (χ2n) is 2.43. The van der Waals surface area contributed by atoms with E-state index in [1.54, 1.807) is 0 Å². The third-order valence-corrected chi connectivity index (χ3v) is 1.27. The smallest absolute Gasteiger partial charge is 0.727 e. The van der Waals surface area contributed by atoms with Gasteiger partial charge >= 0.3 is 160 Å². The van der Waals surface area contributed by atoms with Crippen molar-refractivity contribution in [3.63, 3.8) is 0 Å². The molecule has 3 N–H and O–H groups in total. The molecule has 0 aliphatic carbocycles. The zero-order valence-corrected chi connectivity index (χ0v) is 19.6. The second-order valence-corrected chi connectivity index (χ2v) is 2.43. The zero-order chi connectivity index (χ0) is 12.6. The predicted octanol–water partition coefficient (Wildman–Crippen LogP) is -14.1. The summed E-state index contributed by atoms with van der Waals surface area (Å²) in [5.41, 5.74) is -2.86.